The van der Waals surface area contributed by atoms with Gasteiger partial charge in [-0.2, -0.15) is 5.10 Å². The third-order valence-electron chi connectivity index (χ3n) is 4.65. The Labute approximate surface area is 212 Å². The molecule has 0 saturated carbocycles. The summed E-state index contributed by atoms with van der Waals surface area (Å²) in [4.78, 5) is 24.8. The molecule has 8 nitrogen and oxygen atoms in total. The van der Waals surface area contributed by atoms with Gasteiger partial charge in [0.25, 0.3) is 11.8 Å². The normalized spacial score (nSPS) is 10.6. The maximum Gasteiger partial charge on any atom is 0.271 e. The van der Waals surface area contributed by atoms with Crippen molar-refractivity contribution < 1.29 is 23.8 Å². The fourth-order valence-corrected chi connectivity index (χ4v) is 3.36. The second-order valence-corrected chi connectivity index (χ2v) is 8.21. The predicted molar refractivity (Wildman–Crippen MR) is 139 cm³/mol. The monoisotopic (exact) mass is 539 g/mol. The molecule has 182 valence electrons. The van der Waals surface area contributed by atoms with E-state index < -0.39 is 5.91 Å². The molecule has 0 heterocycles. The second kappa shape index (κ2) is 13.1. The van der Waals surface area contributed by atoms with Crippen LogP contribution in [-0.4, -0.2) is 38.4 Å². The standard InChI is InChI=1S/C26H26BrN3O5/c1-3-13-34-23-11-9-18(15-24(23)33-2)26(32)30-28-16-19-14-20(27)10-12-22(19)35-17-25(31)29-21-7-5-4-6-8-21/h4-12,14-16H,3,13,17H2,1-2H3,(H,29,31)(H,30,32)/b28-16+. The van der Waals surface area contributed by atoms with Crippen molar-refractivity contribution in [3.8, 4) is 17.2 Å². The van der Waals surface area contributed by atoms with Crippen molar-refractivity contribution in [1.82, 2.24) is 5.43 Å². The minimum absolute atomic E-state index is 0.185. The lowest BCUT2D eigenvalue weighted by molar-refractivity contribution is -0.118. The van der Waals surface area contributed by atoms with Gasteiger partial charge in [0.2, 0.25) is 0 Å². The number of carbonyl (C=O) groups is 2. The van der Waals surface area contributed by atoms with E-state index in [-0.39, 0.29) is 12.5 Å². The molecule has 0 spiro atoms. The van der Waals surface area contributed by atoms with Gasteiger partial charge in [-0.1, -0.05) is 41.1 Å². The first kappa shape index (κ1) is 25.8. The fraction of sp³-hybridized carbons (Fsp3) is 0.192. The first-order valence-electron chi connectivity index (χ1n) is 10.9. The zero-order chi connectivity index (χ0) is 25.0. The molecule has 0 aliphatic heterocycles. The minimum Gasteiger partial charge on any atom is -0.493 e. The summed E-state index contributed by atoms with van der Waals surface area (Å²) in [5.74, 6) is 0.763. The summed E-state index contributed by atoms with van der Waals surface area (Å²) in [5.41, 5.74) is 4.12. The number of ether oxygens (including phenoxy) is 3. The Morgan fingerprint density at radius 1 is 0.971 bits per heavy atom. The van der Waals surface area contributed by atoms with Crippen LogP contribution in [0.3, 0.4) is 0 Å². The Morgan fingerprint density at radius 3 is 2.49 bits per heavy atom. The molecular weight excluding hydrogens is 514 g/mol. The van der Waals surface area contributed by atoms with E-state index in [9.17, 15) is 9.59 Å². The number of para-hydroxylation sites is 1. The number of halogens is 1. The first-order chi connectivity index (χ1) is 17.0. The van der Waals surface area contributed by atoms with Crippen molar-refractivity contribution in [3.63, 3.8) is 0 Å². The Bertz CT molecular complexity index is 1180. The lowest BCUT2D eigenvalue weighted by Crippen LogP contribution is -2.20. The number of anilines is 1. The van der Waals surface area contributed by atoms with Crippen molar-refractivity contribution in [1.29, 1.82) is 0 Å². The molecule has 35 heavy (non-hydrogen) atoms. The summed E-state index contributed by atoms with van der Waals surface area (Å²) in [7, 11) is 1.52. The Hall–Kier alpha value is -3.85. The van der Waals surface area contributed by atoms with E-state index in [0.29, 0.717) is 40.7 Å². The number of rotatable bonds is 11. The number of amides is 2. The zero-order valence-corrected chi connectivity index (χ0v) is 21.0. The number of benzene rings is 3. The van der Waals surface area contributed by atoms with Gasteiger partial charge < -0.3 is 19.5 Å². The van der Waals surface area contributed by atoms with Crippen LogP contribution < -0.4 is 25.0 Å². The van der Waals surface area contributed by atoms with Crippen molar-refractivity contribution in [3.05, 3.63) is 82.3 Å². The van der Waals surface area contributed by atoms with Crippen LogP contribution in [0.5, 0.6) is 17.2 Å². The van der Waals surface area contributed by atoms with E-state index in [4.69, 9.17) is 14.2 Å². The van der Waals surface area contributed by atoms with E-state index in [2.05, 4.69) is 31.8 Å². The SMILES string of the molecule is CCCOc1ccc(C(=O)N/N=C/c2cc(Br)ccc2OCC(=O)Nc2ccccc2)cc1OC. The number of methoxy groups -OCH3 is 1. The summed E-state index contributed by atoms with van der Waals surface area (Å²) in [5, 5.41) is 6.80. The zero-order valence-electron chi connectivity index (χ0n) is 19.4. The van der Waals surface area contributed by atoms with Crippen LogP contribution in [0.25, 0.3) is 0 Å². The van der Waals surface area contributed by atoms with Gasteiger partial charge in [0.1, 0.15) is 5.75 Å². The van der Waals surface area contributed by atoms with E-state index in [1.54, 1.807) is 48.5 Å². The summed E-state index contributed by atoms with van der Waals surface area (Å²) in [6.07, 6.45) is 2.31. The summed E-state index contributed by atoms with van der Waals surface area (Å²) in [6.45, 7) is 2.38. The van der Waals surface area contributed by atoms with Gasteiger partial charge in [0.05, 0.1) is 19.9 Å². The van der Waals surface area contributed by atoms with Gasteiger partial charge in [0, 0.05) is 21.3 Å². The molecule has 0 atom stereocenters. The summed E-state index contributed by atoms with van der Waals surface area (Å²) in [6, 6.07) is 19.3. The maximum absolute atomic E-state index is 12.6. The van der Waals surface area contributed by atoms with Crippen LogP contribution in [0.15, 0.2) is 76.3 Å². The van der Waals surface area contributed by atoms with E-state index in [0.717, 1.165) is 10.9 Å². The van der Waals surface area contributed by atoms with Crippen LogP contribution in [0, 0.1) is 0 Å². The highest BCUT2D eigenvalue weighted by molar-refractivity contribution is 9.10. The molecule has 0 bridgehead atoms. The van der Waals surface area contributed by atoms with Gasteiger partial charge in [-0.05, 0) is 55.0 Å². The topological polar surface area (TPSA) is 98.3 Å². The van der Waals surface area contributed by atoms with Crippen LogP contribution in [0.4, 0.5) is 5.69 Å². The smallest absolute Gasteiger partial charge is 0.271 e. The largest absolute Gasteiger partial charge is 0.493 e. The third-order valence-corrected chi connectivity index (χ3v) is 5.14. The van der Waals surface area contributed by atoms with E-state index in [1.165, 1.54) is 13.3 Å². The number of carbonyl (C=O) groups excluding carboxylic acids is 2. The quantitative estimate of drug-likeness (QED) is 0.263. The van der Waals surface area contributed by atoms with Crippen LogP contribution in [0.2, 0.25) is 0 Å². The van der Waals surface area contributed by atoms with Crippen molar-refractivity contribution >= 4 is 39.6 Å². The van der Waals surface area contributed by atoms with Gasteiger partial charge in [-0.15, -0.1) is 0 Å². The van der Waals surface area contributed by atoms with Crippen molar-refractivity contribution in [2.24, 2.45) is 5.10 Å². The van der Waals surface area contributed by atoms with Gasteiger partial charge in [-0.25, -0.2) is 5.43 Å². The minimum atomic E-state index is -0.415. The van der Waals surface area contributed by atoms with E-state index in [1.807, 2.05) is 25.1 Å². The van der Waals surface area contributed by atoms with Crippen LogP contribution >= 0.6 is 15.9 Å². The molecule has 0 aliphatic rings. The molecule has 0 radical (unpaired) electrons. The molecular formula is C26H26BrN3O5. The number of hydrazone groups is 1. The van der Waals surface area contributed by atoms with E-state index >= 15 is 0 Å². The Balaban J connectivity index is 1.62. The lowest BCUT2D eigenvalue weighted by atomic mass is 10.2. The molecule has 0 unspecified atom stereocenters. The molecule has 0 aromatic heterocycles. The summed E-state index contributed by atoms with van der Waals surface area (Å²) < 4.78 is 17.4. The Morgan fingerprint density at radius 2 is 1.74 bits per heavy atom. The molecule has 0 fully saturated rings. The van der Waals surface area contributed by atoms with Crippen molar-refractivity contribution in [2.45, 2.75) is 13.3 Å². The molecule has 2 N–H and O–H groups in total. The molecule has 3 aromatic rings. The Kier molecular flexibility index (Phi) is 9.68. The number of nitrogens with one attached hydrogen (secondary N) is 2. The average molecular weight is 540 g/mol. The highest BCUT2D eigenvalue weighted by Gasteiger charge is 2.11. The lowest BCUT2D eigenvalue weighted by Gasteiger charge is -2.11. The van der Waals surface area contributed by atoms with Crippen LogP contribution in [0.1, 0.15) is 29.3 Å². The van der Waals surface area contributed by atoms with Gasteiger partial charge in [0.15, 0.2) is 18.1 Å². The van der Waals surface area contributed by atoms with Crippen LogP contribution in [-0.2, 0) is 4.79 Å². The molecule has 0 saturated heterocycles. The summed E-state index contributed by atoms with van der Waals surface area (Å²) >= 11 is 3.41. The molecule has 9 heteroatoms. The van der Waals surface area contributed by atoms with Crippen molar-refractivity contribution in [2.75, 3.05) is 25.6 Å². The molecule has 0 aliphatic carbocycles. The number of hydrogen-bond donors (Lipinski definition) is 2. The predicted octanol–water partition coefficient (Wildman–Crippen LogP) is 5.03. The number of nitrogens with zero attached hydrogens (tertiary/aromatic N) is 1. The third kappa shape index (κ3) is 7.86. The van der Waals surface area contributed by atoms with Gasteiger partial charge >= 0.3 is 0 Å². The highest BCUT2D eigenvalue weighted by Crippen LogP contribution is 2.28. The van der Waals surface area contributed by atoms with Gasteiger partial charge in [-0.3, -0.25) is 9.59 Å². The highest BCUT2D eigenvalue weighted by atomic mass is 79.9. The average Bonchev–Trinajstić information content (AvgIpc) is 2.87. The molecule has 3 rings (SSSR count). The second-order valence-electron chi connectivity index (χ2n) is 7.30. The first-order valence-corrected chi connectivity index (χ1v) is 11.7. The maximum atomic E-state index is 12.6. The molecule has 2 amide bonds. The molecule has 3 aromatic carbocycles. The number of hydrogen-bond acceptors (Lipinski definition) is 6. The fourth-order valence-electron chi connectivity index (χ4n) is 2.98.